The molecule has 13 heteroatoms. The summed E-state index contributed by atoms with van der Waals surface area (Å²) in [5.41, 5.74) is 2.59. The molecule has 2 aromatic rings. The van der Waals surface area contributed by atoms with Crippen molar-refractivity contribution in [2.75, 3.05) is 6.61 Å². The van der Waals surface area contributed by atoms with E-state index in [2.05, 4.69) is 20.6 Å². The van der Waals surface area contributed by atoms with Gasteiger partial charge in [-0.2, -0.15) is 9.78 Å². The first kappa shape index (κ1) is 18.4. The fourth-order valence-electron chi connectivity index (χ4n) is 1.72. The molecule has 0 fully saturated rings. The molecule has 0 spiro atoms. The molecule has 13 nitrogen and oxygen atoms in total. The molecule has 1 aromatic carbocycles. The van der Waals surface area contributed by atoms with E-state index in [0.29, 0.717) is 11.5 Å². The molecular formula is C13H13N7O6. The van der Waals surface area contributed by atoms with E-state index in [0.717, 1.165) is 0 Å². The van der Waals surface area contributed by atoms with Crippen LogP contribution in [0.5, 0.6) is 5.75 Å². The first-order chi connectivity index (χ1) is 12.3. The number of rotatable bonds is 8. The quantitative estimate of drug-likeness (QED) is 0.405. The zero-order chi connectivity index (χ0) is 19.1. The number of ether oxygens (including phenoxy) is 1. The fraction of sp³-hybridized carbons (Fsp3) is 0.231. The van der Waals surface area contributed by atoms with Crippen LogP contribution in [0.2, 0.25) is 0 Å². The third-order valence-corrected chi connectivity index (χ3v) is 2.87. The highest BCUT2D eigenvalue weighted by Crippen LogP contribution is 2.16. The van der Waals surface area contributed by atoms with Crippen LogP contribution >= 0.6 is 0 Å². The molecule has 2 rings (SSSR count). The van der Waals surface area contributed by atoms with Gasteiger partial charge in [0, 0.05) is 17.2 Å². The van der Waals surface area contributed by atoms with Crippen molar-refractivity contribution in [1.82, 2.24) is 20.2 Å². The van der Waals surface area contributed by atoms with Crippen molar-refractivity contribution in [3.05, 3.63) is 50.8 Å². The predicted octanol–water partition coefficient (Wildman–Crippen LogP) is 0.666. The van der Waals surface area contributed by atoms with Crippen molar-refractivity contribution in [1.29, 1.82) is 0 Å². The standard InChI is InChI=1S/C13H13N7O6/c1-9(6-18-8-14-13(17-18)20(24)25)15-16-12(21)7-26-11-4-2-10(3-5-11)19(22)23/h2-5,8H,6-7H2,1H3,(H,16,21)/b15-9-. The summed E-state index contributed by atoms with van der Waals surface area (Å²) >= 11 is 0. The number of non-ortho nitro benzene ring substituents is 1. The highest BCUT2D eigenvalue weighted by atomic mass is 16.6. The highest BCUT2D eigenvalue weighted by molar-refractivity contribution is 5.84. The minimum atomic E-state index is -0.722. The average molecular weight is 363 g/mol. The Bertz CT molecular complexity index is 845. The number of hydrazone groups is 1. The van der Waals surface area contributed by atoms with Crippen molar-refractivity contribution >= 4 is 23.3 Å². The summed E-state index contributed by atoms with van der Waals surface area (Å²) in [7, 11) is 0. The maximum atomic E-state index is 11.7. The van der Waals surface area contributed by atoms with Gasteiger partial charge in [-0.25, -0.2) is 5.43 Å². The lowest BCUT2D eigenvalue weighted by Crippen LogP contribution is -2.26. The molecule has 1 aromatic heterocycles. The molecule has 0 aliphatic heterocycles. The molecule has 0 saturated heterocycles. The first-order valence-electron chi connectivity index (χ1n) is 7.08. The molecule has 1 heterocycles. The number of hydrogen-bond donors (Lipinski definition) is 1. The number of nitrogens with one attached hydrogen (secondary N) is 1. The Kier molecular flexibility index (Phi) is 5.87. The van der Waals surface area contributed by atoms with E-state index in [1.807, 2.05) is 0 Å². The fourth-order valence-corrected chi connectivity index (χ4v) is 1.72. The third-order valence-electron chi connectivity index (χ3n) is 2.87. The minimum Gasteiger partial charge on any atom is -0.484 e. The molecule has 1 amide bonds. The van der Waals surface area contributed by atoms with Crippen LogP contribution in [0.1, 0.15) is 6.92 Å². The van der Waals surface area contributed by atoms with Crippen molar-refractivity contribution < 1.29 is 19.4 Å². The van der Waals surface area contributed by atoms with Crippen molar-refractivity contribution in [2.24, 2.45) is 5.10 Å². The van der Waals surface area contributed by atoms with Gasteiger partial charge in [-0.3, -0.25) is 14.9 Å². The molecule has 0 atom stereocenters. The molecule has 136 valence electrons. The summed E-state index contributed by atoms with van der Waals surface area (Å²) in [4.78, 5) is 34.9. The number of amides is 1. The summed E-state index contributed by atoms with van der Waals surface area (Å²) in [6.45, 7) is 1.35. The van der Waals surface area contributed by atoms with Crippen LogP contribution in [-0.4, -0.2) is 42.8 Å². The van der Waals surface area contributed by atoms with Gasteiger partial charge in [0.15, 0.2) is 6.61 Å². The smallest absolute Gasteiger partial charge is 0.484 e. The number of carbonyl (C=O) groups is 1. The number of nitrogens with zero attached hydrogens (tertiary/aromatic N) is 6. The number of carbonyl (C=O) groups excluding carboxylic acids is 1. The van der Waals surface area contributed by atoms with Gasteiger partial charge in [0.25, 0.3) is 11.6 Å². The predicted molar refractivity (Wildman–Crippen MR) is 86.5 cm³/mol. The summed E-state index contributed by atoms with van der Waals surface area (Å²) in [6, 6.07) is 5.26. The second-order valence-electron chi connectivity index (χ2n) is 4.92. The van der Waals surface area contributed by atoms with Gasteiger partial charge in [-0.15, -0.1) is 0 Å². The van der Waals surface area contributed by atoms with Gasteiger partial charge in [0.2, 0.25) is 6.33 Å². The lowest BCUT2D eigenvalue weighted by Gasteiger charge is -2.05. The highest BCUT2D eigenvalue weighted by Gasteiger charge is 2.13. The molecule has 0 unspecified atom stereocenters. The molecule has 0 aliphatic rings. The monoisotopic (exact) mass is 363 g/mol. The number of nitro benzene ring substituents is 1. The van der Waals surface area contributed by atoms with Gasteiger partial charge in [-0.05, 0) is 24.0 Å². The molecule has 1 N–H and O–H groups in total. The number of aromatic nitrogens is 3. The number of benzene rings is 1. The van der Waals surface area contributed by atoms with E-state index < -0.39 is 21.7 Å². The van der Waals surface area contributed by atoms with Gasteiger partial charge in [0.1, 0.15) is 5.75 Å². The Balaban J connectivity index is 1.80. The summed E-state index contributed by atoms with van der Waals surface area (Å²) < 4.78 is 6.38. The van der Waals surface area contributed by atoms with Crippen LogP contribution in [0.3, 0.4) is 0 Å². The van der Waals surface area contributed by atoms with Gasteiger partial charge in [-0.1, -0.05) is 4.98 Å². The lowest BCUT2D eigenvalue weighted by atomic mass is 10.3. The van der Waals surface area contributed by atoms with E-state index in [-0.39, 0.29) is 18.8 Å². The topological polar surface area (TPSA) is 168 Å². The Labute approximate surface area is 145 Å². The van der Waals surface area contributed by atoms with Crippen molar-refractivity contribution in [2.45, 2.75) is 13.5 Å². The van der Waals surface area contributed by atoms with E-state index in [4.69, 9.17) is 4.74 Å². The molecule has 0 radical (unpaired) electrons. The van der Waals surface area contributed by atoms with Crippen LogP contribution in [0.4, 0.5) is 11.6 Å². The van der Waals surface area contributed by atoms with Gasteiger partial charge < -0.3 is 14.9 Å². The largest absolute Gasteiger partial charge is 0.490 e. The van der Waals surface area contributed by atoms with E-state index in [9.17, 15) is 25.0 Å². The number of hydrogen-bond acceptors (Lipinski definition) is 9. The van der Waals surface area contributed by atoms with E-state index in [1.54, 1.807) is 6.92 Å². The molecule has 26 heavy (non-hydrogen) atoms. The number of nitro groups is 2. The summed E-state index contributed by atoms with van der Waals surface area (Å²) in [6.07, 6.45) is 1.18. The van der Waals surface area contributed by atoms with Crippen LogP contribution in [0.25, 0.3) is 0 Å². The Morgan fingerprint density at radius 1 is 1.27 bits per heavy atom. The molecule has 0 saturated carbocycles. The normalized spacial score (nSPS) is 11.0. The van der Waals surface area contributed by atoms with Gasteiger partial charge >= 0.3 is 5.95 Å². The Morgan fingerprint density at radius 3 is 2.54 bits per heavy atom. The van der Waals surface area contributed by atoms with Gasteiger partial charge in [0.05, 0.1) is 17.2 Å². The maximum absolute atomic E-state index is 11.7. The van der Waals surface area contributed by atoms with Crippen LogP contribution in [0, 0.1) is 20.2 Å². The SMILES string of the molecule is C/C(Cn1cnc([N+](=O)[O-])n1)=N/NC(=O)COc1ccc([N+](=O)[O-])cc1. The average Bonchev–Trinajstić information content (AvgIpc) is 3.07. The molecule has 0 bridgehead atoms. The van der Waals surface area contributed by atoms with Crippen LogP contribution < -0.4 is 10.2 Å². The second-order valence-corrected chi connectivity index (χ2v) is 4.92. The maximum Gasteiger partial charge on any atom is 0.490 e. The van der Waals surface area contributed by atoms with Crippen LogP contribution in [0.15, 0.2) is 35.7 Å². The van der Waals surface area contributed by atoms with Crippen molar-refractivity contribution in [3.8, 4) is 5.75 Å². The zero-order valence-corrected chi connectivity index (χ0v) is 13.4. The van der Waals surface area contributed by atoms with E-state index >= 15 is 0 Å². The third kappa shape index (κ3) is 5.33. The Morgan fingerprint density at radius 2 is 1.96 bits per heavy atom. The van der Waals surface area contributed by atoms with E-state index in [1.165, 1.54) is 35.3 Å². The molecule has 0 aliphatic carbocycles. The summed E-state index contributed by atoms with van der Waals surface area (Å²) in [5.74, 6) is -0.785. The van der Waals surface area contributed by atoms with Crippen LogP contribution in [-0.2, 0) is 11.3 Å². The summed E-state index contributed by atoms with van der Waals surface area (Å²) in [5, 5.41) is 28.4. The lowest BCUT2D eigenvalue weighted by molar-refractivity contribution is -0.394. The Hall–Kier alpha value is -3.90. The first-order valence-corrected chi connectivity index (χ1v) is 7.08. The molecular weight excluding hydrogens is 350 g/mol. The van der Waals surface area contributed by atoms with Crippen molar-refractivity contribution in [3.63, 3.8) is 0 Å². The second kappa shape index (κ2) is 8.27. The minimum absolute atomic E-state index is 0.0876. The zero-order valence-electron chi connectivity index (χ0n) is 13.4.